The molecule has 0 aromatic heterocycles. The van der Waals surface area contributed by atoms with Crippen molar-refractivity contribution in [2.75, 3.05) is 5.75 Å². The first kappa shape index (κ1) is 3.93. The second kappa shape index (κ2) is 1.47. The van der Waals surface area contributed by atoms with Gasteiger partial charge >= 0.3 is 0 Å². The van der Waals surface area contributed by atoms with Crippen molar-refractivity contribution in [2.45, 2.75) is 0 Å². The number of hydrogen-bond donors (Lipinski definition) is 0. The summed E-state index contributed by atoms with van der Waals surface area (Å²) in [6.45, 7) is 3.68. The van der Waals surface area contributed by atoms with E-state index in [1.54, 1.807) is 18.2 Å². The third-order valence-corrected chi connectivity index (χ3v) is 1.31. The third-order valence-electron chi connectivity index (χ3n) is 0.560. The maximum atomic E-state index is 3.86. The monoisotopic (exact) mass is 99.0 g/mol. The van der Waals surface area contributed by atoms with Crippen molar-refractivity contribution in [3.63, 3.8) is 0 Å². The normalized spacial score (nSPS) is 19.7. The summed E-state index contributed by atoms with van der Waals surface area (Å²) in [6.07, 6.45) is 1.80. The molecule has 6 heavy (non-hydrogen) atoms. The fourth-order valence-corrected chi connectivity index (χ4v) is 0.808. The van der Waals surface area contributed by atoms with E-state index in [9.17, 15) is 0 Å². The molecule has 0 aliphatic carbocycles. The summed E-state index contributed by atoms with van der Waals surface area (Å²) in [5.41, 5.74) is 1.13. The molecule has 0 amide bonds. The molecule has 0 atom stereocenters. The Kier molecular flexibility index (Phi) is 0.965. The van der Waals surface area contributed by atoms with E-state index in [2.05, 4.69) is 11.0 Å². The van der Waals surface area contributed by atoms with Crippen molar-refractivity contribution in [2.24, 2.45) is 4.40 Å². The van der Waals surface area contributed by atoms with Crippen LogP contribution in [0, 0.1) is 0 Å². The predicted molar refractivity (Wildman–Crippen MR) is 30.1 cm³/mol. The molecule has 0 N–H and O–H groups in total. The quantitative estimate of drug-likeness (QED) is 0.417. The van der Waals surface area contributed by atoms with Crippen LogP contribution in [0.1, 0.15) is 0 Å². The minimum atomic E-state index is 0.986. The van der Waals surface area contributed by atoms with E-state index in [1.807, 2.05) is 0 Å². The molecule has 0 aromatic carbocycles. The minimum absolute atomic E-state index is 0.986. The highest BCUT2D eigenvalue weighted by Gasteiger charge is 1.94. The molecular weight excluding hydrogens is 94.1 g/mol. The van der Waals surface area contributed by atoms with Gasteiger partial charge in [-0.15, -0.1) is 0 Å². The lowest BCUT2D eigenvalue weighted by atomic mass is 10.4. The Labute approximate surface area is 41.3 Å². The summed E-state index contributed by atoms with van der Waals surface area (Å²) < 4.78 is 3.86. The average Bonchev–Trinajstić information content (AvgIpc) is 1.86. The molecule has 0 bridgehead atoms. The van der Waals surface area contributed by atoms with Gasteiger partial charge in [0, 0.05) is 12.0 Å². The van der Waals surface area contributed by atoms with Crippen molar-refractivity contribution >= 4 is 18.2 Å². The number of nitrogens with zero attached hydrogens (tertiary/aromatic N) is 1. The van der Waals surface area contributed by atoms with Crippen molar-refractivity contribution in [1.29, 1.82) is 0 Å². The Morgan fingerprint density at radius 3 is 3.00 bits per heavy atom. The Bertz CT molecular complexity index is 95.7. The van der Waals surface area contributed by atoms with Gasteiger partial charge < -0.3 is 0 Å². The van der Waals surface area contributed by atoms with Gasteiger partial charge in [-0.25, -0.2) is 4.40 Å². The fourth-order valence-electron chi connectivity index (χ4n) is 0.269. The standard InChI is InChI=1S/C4H5NS/c1-4-2-5-6-3-4/h2H,1,3H2. The SMILES string of the molecule is C=C1C=NSC1. The van der Waals surface area contributed by atoms with Crippen LogP contribution in [0.2, 0.25) is 0 Å². The highest BCUT2D eigenvalue weighted by atomic mass is 32.2. The molecule has 0 aromatic rings. The summed E-state index contributed by atoms with van der Waals surface area (Å²) in [6, 6.07) is 0. The van der Waals surface area contributed by atoms with Crippen molar-refractivity contribution in [1.82, 2.24) is 0 Å². The average molecular weight is 99.2 g/mol. The zero-order valence-electron chi connectivity index (χ0n) is 3.35. The van der Waals surface area contributed by atoms with E-state index in [0.717, 1.165) is 11.3 Å². The van der Waals surface area contributed by atoms with Crippen LogP contribution < -0.4 is 0 Å². The molecule has 0 fully saturated rings. The Hall–Kier alpha value is -0.240. The second-order valence-corrected chi connectivity index (χ2v) is 1.92. The van der Waals surface area contributed by atoms with E-state index in [4.69, 9.17) is 0 Å². The molecule has 0 spiro atoms. The lowest BCUT2D eigenvalue weighted by Crippen LogP contribution is -1.72. The molecular formula is C4H5NS. The van der Waals surface area contributed by atoms with Gasteiger partial charge in [0.15, 0.2) is 0 Å². The fraction of sp³-hybridized carbons (Fsp3) is 0.250. The molecule has 1 heterocycles. The van der Waals surface area contributed by atoms with E-state index in [1.165, 1.54) is 0 Å². The first-order valence-corrected chi connectivity index (χ1v) is 2.67. The molecule has 0 saturated carbocycles. The molecule has 2 heteroatoms. The van der Waals surface area contributed by atoms with E-state index < -0.39 is 0 Å². The van der Waals surface area contributed by atoms with Gasteiger partial charge in [-0.1, -0.05) is 6.58 Å². The lowest BCUT2D eigenvalue weighted by molar-refractivity contribution is 1.74. The van der Waals surface area contributed by atoms with Crippen LogP contribution in [0.25, 0.3) is 0 Å². The van der Waals surface area contributed by atoms with Gasteiger partial charge in [0.1, 0.15) is 0 Å². The molecule has 0 radical (unpaired) electrons. The van der Waals surface area contributed by atoms with Crippen LogP contribution in [0.4, 0.5) is 0 Å². The highest BCUT2D eigenvalue weighted by Crippen LogP contribution is 2.12. The van der Waals surface area contributed by atoms with Gasteiger partial charge in [0.2, 0.25) is 0 Å². The Balaban J connectivity index is 2.59. The lowest BCUT2D eigenvalue weighted by Gasteiger charge is -1.74. The van der Waals surface area contributed by atoms with Gasteiger partial charge in [-0.3, -0.25) is 0 Å². The smallest absolute Gasteiger partial charge is 0.0414 e. The van der Waals surface area contributed by atoms with Crippen LogP contribution in [0.5, 0.6) is 0 Å². The first-order chi connectivity index (χ1) is 2.89. The van der Waals surface area contributed by atoms with Gasteiger partial charge in [-0.05, 0) is 17.5 Å². The van der Waals surface area contributed by atoms with Crippen molar-refractivity contribution in [3.05, 3.63) is 12.2 Å². The van der Waals surface area contributed by atoms with Crippen LogP contribution in [0.3, 0.4) is 0 Å². The molecule has 1 nitrogen and oxygen atoms in total. The maximum Gasteiger partial charge on any atom is 0.0414 e. The number of rotatable bonds is 0. The largest absolute Gasteiger partial charge is 0.224 e. The highest BCUT2D eigenvalue weighted by molar-refractivity contribution is 7.98. The molecule has 0 unspecified atom stereocenters. The van der Waals surface area contributed by atoms with Crippen LogP contribution in [-0.4, -0.2) is 12.0 Å². The van der Waals surface area contributed by atoms with E-state index in [-0.39, 0.29) is 0 Å². The second-order valence-electron chi connectivity index (χ2n) is 1.17. The first-order valence-electron chi connectivity index (χ1n) is 1.73. The molecule has 1 rings (SSSR count). The van der Waals surface area contributed by atoms with Crippen LogP contribution >= 0.6 is 11.9 Å². The Morgan fingerprint density at radius 1 is 2.00 bits per heavy atom. The van der Waals surface area contributed by atoms with Gasteiger partial charge in [-0.2, -0.15) is 0 Å². The molecule has 32 valence electrons. The van der Waals surface area contributed by atoms with Crippen molar-refractivity contribution < 1.29 is 0 Å². The maximum absolute atomic E-state index is 3.86. The number of hydrogen-bond acceptors (Lipinski definition) is 2. The summed E-state index contributed by atoms with van der Waals surface area (Å²) in [5.74, 6) is 0.986. The summed E-state index contributed by atoms with van der Waals surface area (Å²) >= 11 is 1.55. The van der Waals surface area contributed by atoms with Gasteiger partial charge in [0.05, 0.1) is 0 Å². The third kappa shape index (κ3) is 0.627. The zero-order valence-corrected chi connectivity index (χ0v) is 4.16. The molecule has 1 aliphatic rings. The predicted octanol–water partition coefficient (Wildman–Crippen LogP) is 1.28. The summed E-state index contributed by atoms with van der Waals surface area (Å²) in [4.78, 5) is 0. The van der Waals surface area contributed by atoms with Gasteiger partial charge in [0.25, 0.3) is 0 Å². The van der Waals surface area contributed by atoms with Crippen molar-refractivity contribution in [3.8, 4) is 0 Å². The Morgan fingerprint density at radius 2 is 2.83 bits per heavy atom. The minimum Gasteiger partial charge on any atom is -0.224 e. The van der Waals surface area contributed by atoms with Crippen LogP contribution in [0.15, 0.2) is 16.5 Å². The van der Waals surface area contributed by atoms with E-state index in [0.29, 0.717) is 0 Å². The molecule has 0 saturated heterocycles. The summed E-state index contributed by atoms with van der Waals surface area (Å²) in [5, 5.41) is 0. The molecule has 1 aliphatic heterocycles. The van der Waals surface area contributed by atoms with Crippen LogP contribution in [-0.2, 0) is 0 Å². The topological polar surface area (TPSA) is 12.4 Å². The van der Waals surface area contributed by atoms with E-state index >= 15 is 0 Å². The zero-order chi connectivity index (χ0) is 4.41. The summed E-state index contributed by atoms with van der Waals surface area (Å²) in [7, 11) is 0.